The minimum absolute atomic E-state index is 0.314. The summed E-state index contributed by atoms with van der Waals surface area (Å²) in [6.07, 6.45) is 1.23. The highest BCUT2D eigenvalue weighted by Crippen LogP contribution is 2.24. The van der Waals surface area contributed by atoms with Gasteiger partial charge in [-0.25, -0.2) is 0 Å². The van der Waals surface area contributed by atoms with Crippen molar-refractivity contribution in [3.63, 3.8) is 0 Å². The molecule has 0 amide bonds. The molecule has 2 heteroatoms. The summed E-state index contributed by atoms with van der Waals surface area (Å²) >= 11 is 0. The fraction of sp³-hybridized carbons (Fsp3) is 1.00. The quantitative estimate of drug-likeness (QED) is 0.705. The Labute approximate surface area is 76.7 Å². The van der Waals surface area contributed by atoms with Crippen LogP contribution in [0.1, 0.15) is 34.1 Å². The first-order valence-corrected chi connectivity index (χ1v) is 4.95. The molecule has 1 rings (SSSR count). The summed E-state index contributed by atoms with van der Waals surface area (Å²) in [7, 11) is 2.02. The monoisotopic (exact) mass is 173 g/mol. The highest BCUT2D eigenvalue weighted by atomic mass is 16.5. The van der Waals surface area contributed by atoms with E-state index in [0.29, 0.717) is 5.54 Å². The Morgan fingerprint density at radius 2 is 1.83 bits per heavy atom. The summed E-state index contributed by atoms with van der Waals surface area (Å²) in [5.74, 6) is 0.761. The molecule has 0 bridgehead atoms. The van der Waals surface area contributed by atoms with E-state index in [-0.39, 0.29) is 0 Å². The second-order valence-electron chi connectivity index (χ2n) is 3.62. The molecule has 0 aromatic heterocycles. The van der Waals surface area contributed by atoms with E-state index in [1.807, 2.05) is 20.9 Å². The van der Waals surface area contributed by atoms with E-state index in [2.05, 4.69) is 19.2 Å². The van der Waals surface area contributed by atoms with Gasteiger partial charge >= 0.3 is 0 Å². The van der Waals surface area contributed by atoms with Crippen molar-refractivity contribution in [2.75, 3.05) is 20.3 Å². The van der Waals surface area contributed by atoms with Crippen LogP contribution in [-0.4, -0.2) is 25.8 Å². The molecule has 0 saturated carbocycles. The van der Waals surface area contributed by atoms with Crippen molar-refractivity contribution in [1.82, 2.24) is 5.32 Å². The highest BCUT2D eigenvalue weighted by Gasteiger charge is 2.36. The number of hydrogen-bond acceptors (Lipinski definition) is 2. The molecule has 1 aliphatic heterocycles. The summed E-state index contributed by atoms with van der Waals surface area (Å²) in [4.78, 5) is 0. The lowest BCUT2D eigenvalue weighted by Crippen LogP contribution is -2.59. The average Bonchev–Trinajstić information content (AvgIpc) is 2.01. The smallest absolute Gasteiger partial charge is 0.0671 e. The number of rotatable bonds is 3. The first-order valence-electron chi connectivity index (χ1n) is 4.95. The molecule has 1 fully saturated rings. The Morgan fingerprint density at radius 1 is 1.33 bits per heavy atom. The van der Waals surface area contributed by atoms with Crippen LogP contribution in [-0.2, 0) is 4.74 Å². The predicted molar refractivity (Wildman–Crippen MR) is 53.4 cm³/mol. The lowest BCUT2D eigenvalue weighted by atomic mass is 9.87. The molecule has 2 nitrogen and oxygen atoms in total. The predicted octanol–water partition coefficient (Wildman–Crippen LogP) is 2.05. The van der Waals surface area contributed by atoms with Crippen LogP contribution in [0.5, 0.6) is 0 Å². The summed E-state index contributed by atoms with van der Waals surface area (Å²) in [6, 6.07) is 0. The third kappa shape index (κ3) is 3.11. The van der Waals surface area contributed by atoms with Gasteiger partial charge in [-0.3, -0.25) is 0 Å². The normalized spacial score (nSPS) is 19.5. The van der Waals surface area contributed by atoms with Crippen LogP contribution in [0, 0.1) is 5.92 Å². The van der Waals surface area contributed by atoms with Gasteiger partial charge in [-0.1, -0.05) is 27.7 Å². The average molecular weight is 173 g/mol. The zero-order valence-electron chi connectivity index (χ0n) is 9.11. The van der Waals surface area contributed by atoms with Gasteiger partial charge in [-0.15, -0.1) is 0 Å². The first kappa shape index (κ1) is 11.9. The van der Waals surface area contributed by atoms with E-state index in [1.54, 1.807) is 0 Å². The SMILES string of the molecule is CC.CNC1(CC(C)C)COC1. The van der Waals surface area contributed by atoms with Crippen LogP contribution in [0.3, 0.4) is 0 Å². The van der Waals surface area contributed by atoms with Gasteiger partial charge in [-0.2, -0.15) is 0 Å². The van der Waals surface area contributed by atoms with Gasteiger partial charge in [0.1, 0.15) is 0 Å². The Morgan fingerprint density at radius 3 is 1.92 bits per heavy atom. The zero-order valence-corrected chi connectivity index (χ0v) is 9.11. The Balaban J connectivity index is 0.000000561. The topological polar surface area (TPSA) is 21.3 Å². The second kappa shape index (κ2) is 5.55. The highest BCUT2D eigenvalue weighted by molar-refractivity contribution is 4.93. The zero-order chi connectivity index (χ0) is 9.61. The molecule has 0 aromatic carbocycles. The van der Waals surface area contributed by atoms with Gasteiger partial charge in [0.05, 0.1) is 18.8 Å². The van der Waals surface area contributed by atoms with Gasteiger partial charge in [0.2, 0.25) is 0 Å². The Hall–Kier alpha value is -0.0800. The lowest BCUT2D eigenvalue weighted by Gasteiger charge is -2.42. The molecule has 0 radical (unpaired) electrons. The van der Waals surface area contributed by atoms with Gasteiger partial charge in [0.15, 0.2) is 0 Å². The molecule has 0 atom stereocenters. The molecule has 1 heterocycles. The van der Waals surface area contributed by atoms with Crippen LogP contribution in [0.2, 0.25) is 0 Å². The maximum atomic E-state index is 5.17. The van der Waals surface area contributed by atoms with E-state index in [9.17, 15) is 0 Å². The Bertz CT molecular complexity index is 103. The molecular weight excluding hydrogens is 150 g/mol. The largest absolute Gasteiger partial charge is 0.377 e. The third-order valence-electron chi connectivity index (χ3n) is 2.09. The summed E-state index contributed by atoms with van der Waals surface area (Å²) in [5.41, 5.74) is 0.314. The first-order chi connectivity index (χ1) is 5.68. The van der Waals surface area contributed by atoms with E-state index >= 15 is 0 Å². The molecule has 1 N–H and O–H groups in total. The van der Waals surface area contributed by atoms with Gasteiger partial charge in [-0.05, 0) is 19.4 Å². The summed E-state index contributed by atoms with van der Waals surface area (Å²) in [6.45, 7) is 10.3. The fourth-order valence-corrected chi connectivity index (χ4v) is 1.49. The van der Waals surface area contributed by atoms with Crippen LogP contribution in [0.25, 0.3) is 0 Å². The lowest BCUT2D eigenvalue weighted by molar-refractivity contribution is -0.0798. The number of nitrogens with one attached hydrogen (secondary N) is 1. The molecule has 12 heavy (non-hydrogen) atoms. The van der Waals surface area contributed by atoms with Crippen LogP contribution in [0.4, 0.5) is 0 Å². The maximum Gasteiger partial charge on any atom is 0.0671 e. The minimum Gasteiger partial charge on any atom is -0.377 e. The molecular formula is C10H23NO. The standard InChI is InChI=1S/C8H17NO.C2H6/c1-7(2)4-8(9-3)5-10-6-8;1-2/h7,9H,4-6H2,1-3H3;1-2H3. The summed E-state index contributed by atoms with van der Waals surface area (Å²) in [5, 5.41) is 3.32. The maximum absolute atomic E-state index is 5.17. The molecule has 1 saturated heterocycles. The minimum atomic E-state index is 0.314. The van der Waals surface area contributed by atoms with Crippen LogP contribution >= 0.6 is 0 Å². The fourth-order valence-electron chi connectivity index (χ4n) is 1.49. The molecule has 0 aromatic rings. The number of likely N-dealkylation sites (N-methyl/N-ethyl adjacent to an activating group) is 1. The number of hydrogen-bond donors (Lipinski definition) is 1. The van der Waals surface area contributed by atoms with E-state index in [0.717, 1.165) is 19.1 Å². The second-order valence-corrected chi connectivity index (χ2v) is 3.62. The van der Waals surface area contributed by atoms with Gasteiger partial charge in [0.25, 0.3) is 0 Å². The molecule has 0 aliphatic carbocycles. The third-order valence-corrected chi connectivity index (χ3v) is 2.09. The van der Waals surface area contributed by atoms with Gasteiger partial charge in [0, 0.05) is 0 Å². The Kier molecular flexibility index (Phi) is 5.51. The van der Waals surface area contributed by atoms with Crippen molar-refractivity contribution in [3.8, 4) is 0 Å². The molecule has 0 spiro atoms. The van der Waals surface area contributed by atoms with Gasteiger partial charge < -0.3 is 10.1 Å². The van der Waals surface area contributed by atoms with Crippen LogP contribution in [0.15, 0.2) is 0 Å². The van der Waals surface area contributed by atoms with E-state index in [1.165, 1.54) is 6.42 Å². The van der Waals surface area contributed by atoms with Crippen molar-refractivity contribution in [3.05, 3.63) is 0 Å². The molecule has 1 aliphatic rings. The van der Waals surface area contributed by atoms with Crippen molar-refractivity contribution in [2.45, 2.75) is 39.7 Å². The molecule has 0 unspecified atom stereocenters. The number of ether oxygens (including phenoxy) is 1. The summed E-state index contributed by atoms with van der Waals surface area (Å²) < 4.78 is 5.17. The van der Waals surface area contributed by atoms with Crippen molar-refractivity contribution >= 4 is 0 Å². The van der Waals surface area contributed by atoms with Crippen molar-refractivity contribution in [1.29, 1.82) is 0 Å². The molecule has 74 valence electrons. The van der Waals surface area contributed by atoms with Crippen LogP contribution < -0.4 is 5.32 Å². The van der Waals surface area contributed by atoms with Crippen molar-refractivity contribution in [2.24, 2.45) is 5.92 Å². The van der Waals surface area contributed by atoms with E-state index < -0.39 is 0 Å². The van der Waals surface area contributed by atoms with E-state index in [4.69, 9.17) is 4.74 Å². The van der Waals surface area contributed by atoms with Crippen molar-refractivity contribution < 1.29 is 4.74 Å².